The monoisotopic (exact) mass is 261 g/mol. The molecular weight excluding hydrogens is 234 g/mol. The van der Waals surface area contributed by atoms with E-state index in [0.717, 1.165) is 6.54 Å². The van der Waals surface area contributed by atoms with E-state index in [9.17, 15) is 0 Å². The van der Waals surface area contributed by atoms with Crippen LogP contribution in [0, 0.1) is 0 Å². The van der Waals surface area contributed by atoms with Crippen LogP contribution in [0.2, 0.25) is 0 Å². The van der Waals surface area contributed by atoms with Crippen LogP contribution in [0.4, 0.5) is 0 Å². The maximum absolute atomic E-state index is 5.65. The standard InChI is InChI=1S/C17H27NO/c1-4-6-15-7-9-16(10-8-15)14(2)18-13-17(19-3)11-5-12-17/h7-10,14,18H,4-6,11-13H2,1-3H3. The van der Waals surface area contributed by atoms with Crippen molar-refractivity contribution in [1.82, 2.24) is 5.32 Å². The van der Waals surface area contributed by atoms with Gasteiger partial charge in [-0.3, -0.25) is 0 Å². The lowest BCUT2D eigenvalue weighted by molar-refractivity contribution is -0.0706. The van der Waals surface area contributed by atoms with E-state index in [-0.39, 0.29) is 5.60 Å². The Morgan fingerprint density at radius 2 is 1.95 bits per heavy atom. The summed E-state index contributed by atoms with van der Waals surface area (Å²) in [7, 11) is 1.84. The van der Waals surface area contributed by atoms with Crippen molar-refractivity contribution in [3.05, 3.63) is 35.4 Å². The normalized spacial score (nSPS) is 18.9. The summed E-state index contributed by atoms with van der Waals surface area (Å²) in [6.07, 6.45) is 6.07. The Morgan fingerprint density at radius 3 is 2.42 bits per heavy atom. The second-order valence-corrected chi connectivity index (χ2v) is 5.83. The fourth-order valence-corrected chi connectivity index (χ4v) is 2.74. The highest BCUT2D eigenvalue weighted by molar-refractivity contribution is 5.24. The van der Waals surface area contributed by atoms with E-state index in [0.29, 0.717) is 6.04 Å². The predicted octanol–water partition coefficient (Wildman–Crippen LogP) is 3.86. The van der Waals surface area contributed by atoms with Crippen LogP contribution < -0.4 is 5.32 Å². The van der Waals surface area contributed by atoms with Crippen molar-refractivity contribution >= 4 is 0 Å². The first-order valence-corrected chi connectivity index (χ1v) is 7.56. The molecule has 0 spiro atoms. The van der Waals surface area contributed by atoms with E-state index < -0.39 is 0 Å². The van der Waals surface area contributed by atoms with E-state index in [1.807, 2.05) is 7.11 Å². The van der Waals surface area contributed by atoms with E-state index >= 15 is 0 Å². The Kier molecular flexibility index (Phi) is 5.00. The Balaban J connectivity index is 1.86. The molecule has 1 aliphatic rings. The summed E-state index contributed by atoms with van der Waals surface area (Å²) < 4.78 is 5.65. The number of benzene rings is 1. The molecule has 0 bridgehead atoms. The van der Waals surface area contributed by atoms with Gasteiger partial charge in [-0.1, -0.05) is 37.6 Å². The van der Waals surface area contributed by atoms with Crippen molar-refractivity contribution in [2.24, 2.45) is 0 Å². The summed E-state index contributed by atoms with van der Waals surface area (Å²) >= 11 is 0. The van der Waals surface area contributed by atoms with Gasteiger partial charge in [0.15, 0.2) is 0 Å². The van der Waals surface area contributed by atoms with Gasteiger partial charge >= 0.3 is 0 Å². The zero-order valence-corrected chi connectivity index (χ0v) is 12.5. The van der Waals surface area contributed by atoms with Gasteiger partial charge in [-0.2, -0.15) is 0 Å². The van der Waals surface area contributed by atoms with Gasteiger partial charge in [-0.05, 0) is 43.7 Å². The van der Waals surface area contributed by atoms with Gasteiger partial charge in [-0.25, -0.2) is 0 Å². The summed E-state index contributed by atoms with van der Waals surface area (Å²) in [6.45, 7) is 5.42. The molecule has 1 fully saturated rings. The number of nitrogens with one attached hydrogen (secondary N) is 1. The first-order valence-electron chi connectivity index (χ1n) is 7.56. The van der Waals surface area contributed by atoms with Crippen LogP contribution in [0.3, 0.4) is 0 Å². The molecule has 19 heavy (non-hydrogen) atoms. The van der Waals surface area contributed by atoms with Crippen LogP contribution in [-0.4, -0.2) is 19.3 Å². The molecule has 1 unspecified atom stereocenters. The summed E-state index contributed by atoms with van der Waals surface area (Å²) in [4.78, 5) is 0. The van der Waals surface area contributed by atoms with Crippen LogP contribution in [0.25, 0.3) is 0 Å². The molecule has 2 heteroatoms. The Labute approximate surface area is 117 Å². The summed E-state index contributed by atoms with van der Waals surface area (Å²) in [5.74, 6) is 0. The average Bonchev–Trinajstić information content (AvgIpc) is 2.39. The minimum Gasteiger partial charge on any atom is -0.377 e. The molecular formula is C17H27NO. The molecule has 1 atom stereocenters. The van der Waals surface area contributed by atoms with Gasteiger partial charge in [-0.15, -0.1) is 0 Å². The van der Waals surface area contributed by atoms with Gasteiger partial charge in [0.2, 0.25) is 0 Å². The van der Waals surface area contributed by atoms with E-state index in [4.69, 9.17) is 4.74 Å². The maximum atomic E-state index is 5.65. The lowest BCUT2D eigenvalue weighted by atomic mass is 9.80. The highest BCUT2D eigenvalue weighted by atomic mass is 16.5. The van der Waals surface area contributed by atoms with Crippen molar-refractivity contribution in [1.29, 1.82) is 0 Å². The Bertz CT molecular complexity index is 375. The Hall–Kier alpha value is -0.860. The summed E-state index contributed by atoms with van der Waals surface area (Å²) in [6, 6.07) is 9.41. The van der Waals surface area contributed by atoms with Gasteiger partial charge in [0.25, 0.3) is 0 Å². The summed E-state index contributed by atoms with van der Waals surface area (Å²) in [5, 5.41) is 3.62. The zero-order chi connectivity index (χ0) is 13.7. The topological polar surface area (TPSA) is 21.3 Å². The number of hydrogen-bond donors (Lipinski definition) is 1. The third kappa shape index (κ3) is 3.58. The molecule has 0 saturated heterocycles. The summed E-state index contributed by atoms with van der Waals surface area (Å²) in [5.41, 5.74) is 2.91. The maximum Gasteiger partial charge on any atom is 0.0802 e. The van der Waals surface area contributed by atoms with E-state index in [1.165, 1.54) is 43.2 Å². The highest BCUT2D eigenvalue weighted by Crippen LogP contribution is 2.34. The quantitative estimate of drug-likeness (QED) is 0.804. The van der Waals surface area contributed by atoms with Crippen LogP contribution in [0.5, 0.6) is 0 Å². The minimum atomic E-state index is 0.108. The van der Waals surface area contributed by atoms with Gasteiger partial charge in [0.05, 0.1) is 5.60 Å². The SMILES string of the molecule is CCCc1ccc(C(C)NCC2(OC)CCC2)cc1. The molecule has 0 aromatic heterocycles. The number of hydrogen-bond acceptors (Lipinski definition) is 2. The molecule has 0 amide bonds. The van der Waals surface area contributed by atoms with E-state index in [2.05, 4.69) is 43.4 Å². The van der Waals surface area contributed by atoms with Crippen molar-refractivity contribution in [3.63, 3.8) is 0 Å². The molecule has 1 N–H and O–H groups in total. The molecule has 0 heterocycles. The van der Waals surface area contributed by atoms with Gasteiger partial charge in [0, 0.05) is 19.7 Å². The first kappa shape index (κ1) is 14.5. The van der Waals surface area contributed by atoms with E-state index in [1.54, 1.807) is 0 Å². The molecule has 0 aliphatic heterocycles. The molecule has 1 aromatic carbocycles. The van der Waals surface area contributed by atoms with Crippen molar-refractivity contribution in [2.75, 3.05) is 13.7 Å². The second-order valence-electron chi connectivity index (χ2n) is 5.83. The average molecular weight is 261 g/mol. The lowest BCUT2D eigenvalue weighted by Gasteiger charge is -2.41. The smallest absolute Gasteiger partial charge is 0.0802 e. The largest absolute Gasteiger partial charge is 0.377 e. The predicted molar refractivity (Wildman–Crippen MR) is 80.4 cm³/mol. The number of rotatable bonds is 7. The highest BCUT2D eigenvalue weighted by Gasteiger charge is 2.36. The minimum absolute atomic E-state index is 0.108. The fraction of sp³-hybridized carbons (Fsp3) is 0.647. The van der Waals surface area contributed by atoms with Gasteiger partial charge in [0.1, 0.15) is 0 Å². The molecule has 0 radical (unpaired) electrons. The molecule has 2 rings (SSSR count). The van der Waals surface area contributed by atoms with Crippen LogP contribution >= 0.6 is 0 Å². The van der Waals surface area contributed by atoms with Gasteiger partial charge < -0.3 is 10.1 Å². The second kappa shape index (κ2) is 6.53. The first-order chi connectivity index (χ1) is 9.19. The fourth-order valence-electron chi connectivity index (χ4n) is 2.74. The van der Waals surface area contributed by atoms with Crippen LogP contribution in [0.1, 0.15) is 56.7 Å². The van der Waals surface area contributed by atoms with Crippen LogP contribution in [-0.2, 0) is 11.2 Å². The number of methoxy groups -OCH3 is 1. The molecule has 1 aromatic rings. The van der Waals surface area contributed by atoms with Crippen molar-refractivity contribution < 1.29 is 4.74 Å². The molecule has 106 valence electrons. The number of ether oxygens (including phenoxy) is 1. The van der Waals surface area contributed by atoms with Crippen LogP contribution in [0.15, 0.2) is 24.3 Å². The molecule has 1 aliphatic carbocycles. The Morgan fingerprint density at radius 1 is 1.26 bits per heavy atom. The molecule has 2 nitrogen and oxygen atoms in total. The van der Waals surface area contributed by atoms with Crippen molar-refractivity contribution in [2.45, 2.75) is 57.6 Å². The third-order valence-corrected chi connectivity index (χ3v) is 4.45. The van der Waals surface area contributed by atoms with Crippen molar-refractivity contribution in [3.8, 4) is 0 Å². The zero-order valence-electron chi connectivity index (χ0n) is 12.5. The molecule has 1 saturated carbocycles. The lowest BCUT2D eigenvalue weighted by Crippen LogP contribution is -2.48. The number of aryl methyl sites for hydroxylation is 1. The third-order valence-electron chi connectivity index (χ3n) is 4.45.